The third kappa shape index (κ3) is 1.34. The van der Waals surface area contributed by atoms with Crippen LogP contribution in [0.4, 0.5) is 5.69 Å². The maximum Gasteiger partial charge on any atom is 0.0737 e. The normalized spacial score (nSPS) is 14.5. The first-order chi connectivity index (χ1) is 7.25. The first kappa shape index (κ1) is 9.16. The van der Waals surface area contributed by atoms with Crippen LogP contribution in [-0.2, 0) is 12.8 Å². The SMILES string of the molecule is Nc1c2c(nc3cc(Br)ccc13)CCC2. The molecule has 1 aromatic carbocycles. The number of aryl methyl sites for hydroxylation is 1. The fourth-order valence-corrected chi connectivity index (χ4v) is 2.62. The summed E-state index contributed by atoms with van der Waals surface area (Å²) < 4.78 is 1.06. The number of nitrogens with two attached hydrogens (primary N) is 1. The summed E-state index contributed by atoms with van der Waals surface area (Å²) in [6, 6.07) is 6.09. The highest BCUT2D eigenvalue weighted by atomic mass is 79.9. The number of benzene rings is 1. The van der Waals surface area contributed by atoms with Crippen LogP contribution in [0.15, 0.2) is 22.7 Å². The van der Waals surface area contributed by atoms with Crippen LogP contribution in [0.2, 0.25) is 0 Å². The second kappa shape index (κ2) is 3.20. The monoisotopic (exact) mass is 262 g/mol. The van der Waals surface area contributed by atoms with E-state index in [0.29, 0.717) is 0 Å². The molecule has 2 N–H and O–H groups in total. The first-order valence-electron chi connectivity index (χ1n) is 5.12. The summed E-state index contributed by atoms with van der Waals surface area (Å²) in [5.74, 6) is 0. The van der Waals surface area contributed by atoms with Gasteiger partial charge in [0.15, 0.2) is 0 Å². The number of pyridine rings is 1. The lowest BCUT2D eigenvalue weighted by atomic mass is 10.1. The highest BCUT2D eigenvalue weighted by Gasteiger charge is 2.17. The minimum atomic E-state index is 0.931. The van der Waals surface area contributed by atoms with Crippen molar-refractivity contribution in [2.45, 2.75) is 19.3 Å². The Balaban J connectivity index is 2.41. The second-order valence-electron chi connectivity index (χ2n) is 3.97. The lowest BCUT2D eigenvalue weighted by Gasteiger charge is -2.08. The molecule has 0 atom stereocenters. The van der Waals surface area contributed by atoms with Crippen molar-refractivity contribution in [3.05, 3.63) is 33.9 Å². The van der Waals surface area contributed by atoms with E-state index in [1.807, 2.05) is 18.2 Å². The van der Waals surface area contributed by atoms with Gasteiger partial charge in [-0.25, -0.2) is 0 Å². The standard InChI is InChI=1S/C12H11BrN2/c13-7-4-5-9-11(6-7)15-10-3-1-2-8(10)12(9)14/h4-6H,1-3H2,(H2,14,15). The summed E-state index contributed by atoms with van der Waals surface area (Å²) >= 11 is 3.46. The molecule has 76 valence electrons. The van der Waals surface area contributed by atoms with Crippen molar-refractivity contribution < 1.29 is 0 Å². The van der Waals surface area contributed by atoms with Gasteiger partial charge in [-0.2, -0.15) is 0 Å². The molecule has 3 rings (SSSR count). The second-order valence-corrected chi connectivity index (χ2v) is 4.88. The molecule has 0 radical (unpaired) electrons. The predicted molar refractivity (Wildman–Crippen MR) is 65.9 cm³/mol. The molecule has 0 saturated carbocycles. The van der Waals surface area contributed by atoms with E-state index in [4.69, 9.17) is 5.73 Å². The molecule has 2 aromatic rings. The van der Waals surface area contributed by atoms with Crippen LogP contribution < -0.4 is 5.73 Å². The average Bonchev–Trinajstić information content (AvgIpc) is 2.65. The van der Waals surface area contributed by atoms with Crippen LogP contribution in [0, 0.1) is 0 Å². The highest BCUT2D eigenvalue weighted by Crippen LogP contribution is 2.32. The molecular weight excluding hydrogens is 252 g/mol. The van der Waals surface area contributed by atoms with Crippen LogP contribution in [0.5, 0.6) is 0 Å². The quantitative estimate of drug-likeness (QED) is 0.793. The van der Waals surface area contributed by atoms with Gasteiger partial charge in [0.2, 0.25) is 0 Å². The number of aromatic nitrogens is 1. The molecule has 0 unspecified atom stereocenters. The Morgan fingerprint density at radius 1 is 1.27 bits per heavy atom. The molecule has 0 aliphatic heterocycles. The van der Waals surface area contributed by atoms with E-state index >= 15 is 0 Å². The molecular formula is C12H11BrN2. The molecule has 1 aliphatic rings. The van der Waals surface area contributed by atoms with E-state index in [2.05, 4.69) is 20.9 Å². The molecule has 1 heterocycles. The Hall–Kier alpha value is -1.09. The number of rotatable bonds is 0. The summed E-state index contributed by atoms with van der Waals surface area (Å²) in [7, 11) is 0. The first-order valence-corrected chi connectivity index (χ1v) is 5.91. The topological polar surface area (TPSA) is 38.9 Å². The van der Waals surface area contributed by atoms with E-state index < -0.39 is 0 Å². The molecule has 0 amide bonds. The molecule has 1 aliphatic carbocycles. The minimum absolute atomic E-state index is 0.931. The van der Waals surface area contributed by atoms with Crippen LogP contribution >= 0.6 is 15.9 Å². The van der Waals surface area contributed by atoms with Crippen molar-refractivity contribution in [1.29, 1.82) is 0 Å². The molecule has 0 bridgehead atoms. The van der Waals surface area contributed by atoms with Crippen LogP contribution in [-0.4, -0.2) is 4.98 Å². The van der Waals surface area contributed by atoms with Crippen LogP contribution in [0.1, 0.15) is 17.7 Å². The number of hydrogen-bond donors (Lipinski definition) is 1. The summed E-state index contributed by atoms with van der Waals surface area (Å²) in [5.41, 5.74) is 10.6. The fraction of sp³-hybridized carbons (Fsp3) is 0.250. The summed E-state index contributed by atoms with van der Waals surface area (Å²) in [6.07, 6.45) is 3.34. The van der Waals surface area contributed by atoms with Crippen molar-refractivity contribution in [2.75, 3.05) is 5.73 Å². The Kier molecular flexibility index (Phi) is 1.96. The van der Waals surface area contributed by atoms with Gasteiger partial charge < -0.3 is 5.73 Å². The van der Waals surface area contributed by atoms with E-state index in [9.17, 15) is 0 Å². The number of fused-ring (bicyclic) bond motifs is 2. The zero-order chi connectivity index (χ0) is 10.4. The minimum Gasteiger partial charge on any atom is -0.398 e. The number of nitrogens with zero attached hydrogens (tertiary/aromatic N) is 1. The van der Waals surface area contributed by atoms with Crippen molar-refractivity contribution in [3.63, 3.8) is 0 Å². The fourth-order valence-electron chi connectivity index (χ4n) is 2.27. The Labute approximate surface area is 96.6 Å². The predicted octanol–water partition coefficient (Wildman–Crippen LogP) is 3.07. The van der Waals surface area contributed by atoms with Gasteiger partial charge in [-0.3, -0.25) is 4.98 Å². The Morgan fingerprint density at radius 3 is 3.00 bits per heavy atom. The van der Waals surface area contributed by atoms with E-state index in [1.165, 1.54) is 17.7 Å². The molecule has 3 heteroatoms. The van der Waals surface area contributed by atoms with E-state index in [0.717, 1.165) is 33.9 Å². The molecule has 1 aromatic heterocycles. The van der Waals surface area contributed by atoms with Gasteiger partial charge in [-0.1, -0.05) is 15.9 Å². The van der Waals surface area contributed by atoms with Crippen molar-refractivity contribution in [1.82, 2.24) is 4.98 Å². The molecule has 2 nitrogen and oxygen atoms in total. The lowest BCUT2D eigenvalue weighted by Crippen LogP contribution is -1.98. The van der Waals surface area contributed by atoms with Crippen LogP contribution in [0.3, 0.4) is 0 Å². The summed E-state index contributed by atoms with van der Waals surface area (Å²) in [4.78, 5) is 4.67. The zero-order valence-electron chi connectivity index (χ0n) is 8.26. The van der Waals surface area contributed by atoms with E-state index in [-0.39, 0.29) is 0 Å². The van der Waals surface area contributed by atoms with Gasteiger partial charge in [0.1, 0.15) is 0 Å². The maximum atomic E-state index is 6.17. The van der Waals surface area contributed by atoms with Crippen LogP contribution in [0.25, 0.3) is 10.9 Å². The summed E-state index contributed by atoms with van der Waals surface area (Å²) in [5, 5.41) is 1.08. The van der Waals surface area contributed by atoms with Gasteiger partial charge in [-0.15, -0.1) is 0 Å². The molecule has 15 heavy (non-hydrogen) atoms. The molecule has 0 fully saturated rings. The van der Waals surface area contributed by atoms with Gasteiger partial charge in [0.25, 0.3) is 0 Å². The largest absolute Gasteiger partial charge is 0.398 e. The lowest BCUT2D eigenvalue weighted by molar-refractivity contribution is 0.901. The van der Waals surface area contributed by atoms with Crippen molar-refractivity contribution in [3.8, 4) is 0 Å². The average molecular weight is 263 g/mol. The smallest absolute Gasteiger partial charge is 0.0737 e. The molecule has 0 spiro atoms. The Bertz CT molecular complexity index is 549. The third-order valence-electron chi connectivity index (χ3n) is 3.02. The van der Waals surface area contributed by atoms with Gasteiger partial charge >= 0.3 is 0 Å². The molecule has 0 saturated heterocycles. The zero-order valence-corrected chi connectivity index (χ0v) is 9.84. The van der Waals surface area contributed by atoms with E-state index in [1.54, 1.807) is 0 Å². The van der Waals surface area contributed by atoms with Gasteiger partial charge in [0.05, 0.1) is 5.52 Å². The van der Waals surface area contributed by atoms with Crippen molar-refractivity contribution >= 4 is 32.5 Å². The van der Waals surface area contributed by atoms with Crippen molar-refractivity contribution in [2.24, 2.45) is 0 Å². The number of halogens is 1. The number of hydrogen-bond acceptors (Lipinski definition) is 2. The maximum absolute atomic E-state index is 6.17. The van der Waals surface area contributed by atoms with Gasteiger partial charge in [0, 0.05) is 21.2 Å². The highest BCUT2D eigenvalue weighted by molar-refractivity contribution is 9.10. The van der Waals surface area contributed by atoms with Gasteiger partial charge in [-0.05, 0) is 43.0 Å². The summed E-state index contributed by atoms with van der Waals surface area (Å²) in [6.45, 7) is 0. The third-order valence-corrected chi connectivity index (χ3v) is 3.51. The Morgan fingerprint density at radius 2 is 2.13 bits per heavy atom. The number of nitrogen functional groups attached to an aromatic ring is 1. The number of anilines is 1.